The van der Waals surface area contributed by atoms with Crippen LogP contribution in [0.15, 0.2) is 12.1 Å². The van der Waals surface area contributed by atoms with Gasteiger partial charge < -0.3 is 10.8 Å². The van der Waals surface area contributed by atoms with E-state index in [9.17, 15) is 9.90 Å². The van der Waals surface area contributed by atoms with Gasteiger partial charge in [0.15, 0.2) is 5.78 Å². The first-order chi connectivity index (χ1) is 6.20. The van der Waals surface area contributed by atoms with Gasteiger partial charge in [-0.1, -0.05) is 6.07 Å². The van der Waals surface area contributed by atoms with Crippen LogP contribution in [-0.2, 0) is 6.42 Å². The summed E-state index contributed by atoms with van der Waals surface area (Å²) in [5.41, 5.74) is 7.36. The highest BCUT2D eigenvalue weighted by Gasteiger charge is 2.21. The van der Waals surface area contributed by atoms with Crippen LogP contribution in [0.5, 0.6) is 5.75 Å². The minimum Gasteiger partial charge on any atom is -0.506 e. The standard InChI is InChI=1S/C10H11NO2/c11-10-8(13)5-4-6-2-1-3-7(12)9(6)10/h4-5,13H,1-3,11H2. The molecule has 0 radical (unpaired) electrons. The van der Waals surface area contributed by atoms with Gasteiger partial charge in [-0.05, 0) is 24.5 Å². The summed E-state index contributed by atoms with van der Waals surface area (Å²) in [5, 5.41) is 9.32. The number of aryl methyl sites for hydroxylation is 1. The van der Waals surface area contributed by atoms with E-state index in [1.54, 1.807) is 12.1 Å². The zero-order chi connectivity index (χ0) is 9.42. The molecule has 1 aliphatic rings. The van der Waals surface area contributed by atoms with Crippen LogP contribution < -0.4 is 5.73 Å². The molecule has 2 rings (SSSR count). The molecule has 3 heteroatoms. The van der Waals surface area contributed by atoms with E-state index >= 15 is 0 Å². The maximum Gasteiger partial charge on any atom is 0.165 e. The molecule has 0 saturated heterocycles. The van der Waals surface area contributed by atoms with Crippen LogP contribution in [0.2, 0.25) is 0 Å². The number of rotatable bonds is 0. The average Bonchev–Trinajstić information content (AvgIpc) is 2.12. The van der Waals surface area contributed by atoms with Gasteiger partial charge in [0, 0.05) is 12.0 Å². The van der Waals surface area contributed by atoms with E-state index in [-0.39, 0.29) is 17.2 Å². The molecule has 0 atom stereocenters. The second-order valence-electron chi connectivity index (χ2n) is 3.31. The number of fused-ring (bicyclic) bond motifs is 1. The maximum absolute atomic E-state index is 11.5. The molecule has 1 aliphatic carbocycles. The van der Waals surface area contributed by atoms with Crippen molar-refractivity contribution in [1.82, 2.24) is 0 Å². The monoisotopic (exact) mass is 177 g/mol. The van der Waals surface area contributed by atoms with Crippen LogP contribution in [0.3, 0.4) is 0 Å². The van der Waals surface area contributed by atoms with Gasteiger partial charge in [0.2, 0.25) is 0 Å². The van der Waals surface area contributed by atoms with E-state index in [1.165, 1.54) is 0 Å². The third-order valence-corrected chi connectivity index (χ3v) is 2.44. The number of hydrogen-bond donors (Lipinski definition) is 2. The summed E-state index contributed by atoms with van der Waals surface area (Å²) >= 11 is 0. The topological polar surface area (TPSA) is 63.3 Å². The van der Waals surface area contributed by atoms with Crippen molar-refractivity contribution in [1.29, 1.82) is 0 Å². The molecule has 3 N–H and O–H groups in total. The molecular formula is C10H11NO2. The van der Waals surface area contributed by atoms with Crippen LogP contribution in [0.1, 0.15) is 28.8 Å². The molecule has 1 aromatic carbocycles. The van der Waals surface area contributed by atoms with E-state index in [0.717, 1.165) is 18.4 Å². The van der Waals surface area contributed by atoms with Crippen LogP contribution in [0.4, 0.5) is 5.69 Å². The summed E-state index contributed by atoms with van der Waals surface area (Å²) in [7, 11) is 0. The number of phenols is 1. The van der Waals surface area contributed by atoms with Gasteiger partial charge in [-0.3, -0.25) is 4.79 Å². The van der Waals surface area contributed by atoms with Gasteiger partial charge in [0.25, 0.3) is 0 Å². The zero-order valence-corrected chi connectivity index (χ0v) is 7.21. The molecule has 0 bridgehead atoms. The van der Waals surface area contributed by atoms with E-state index in [2.05, 4.69) is 0 Å². The lowest BCUT2D eigenvalue weighted by Crippen LogP contribution is -2.13. The molecule has 0 aliphatic heterocycles. The lowest BCUT2D eigenvalue weighted by atomic mass is 9.89. The number of nitrogen functional groups attached to an aromatic ring is 1. The summed E-state index contributed by atoms with van der Waals surface area (Å²) in [5.74, 6) is 0.0589. The molecule has 13 heavy (non-hydrogen) atoms. The lowest BCUT2D eigenvalue weighted by molar-refractivity contribution is 0.0973. The Bertz CT molecular complexity index is 371. The predicted molar refractivity (Wildman–Crippen MR) is 49.8 cm³/mol. The second-order valence-corrected chi connectivity index (χ2v) is 3.31. The van der Waals surface area contributed by atoms with E-state index in [0.29, 0.717) is 12.0 Å². The third kappa shape index (κ3) is 1.16. The molecule has 0 heterocycles. The summed E-state index contributed by atoms with van der Waals surface area (Å²) < 4.78 is 0. The fraction of sp³-hybridized carbons (Fsp3) is 0.300. The summed E-state index contributed by atoms with van der Waals surface area (Å²) in [6.45, 7) is 0. The van der Waals surface area contributed by atoms with Crippen LogP contribution in [0, 0.1) is 0 Å². The van der Waals surface area contributed by atoms with Gasteiger partial charge in [0.05, 0.1) is 5.69 Å². The molecule has 3 nitrogen and oxygen atoms in total. The number of aromatic hydroxyl groups is 1. The SMILES string of the molecule is Nc1c(O)ccc2c1C(=O)CCC2. The molecule has 0 amide bonds. The van der Waals surface area contributed by atoms with Crippen molar-refractivity contribution in [3.05, 3.63) is 23.3 Å². The van der Waals surface area contributed by atoms with E-state index < -0.39 is 0 Å². The Hall–Kier alpha value is -1.51. The molecule has 0 spiro atoms. The molecule has 0 unspecified atom stereocenters. The smallest absolute Gasteiger partial charge is 0.165 e. The highest BCUT2D eigenvalue weighted by atomic mass is 16.3. The number of Topliss-reactive ketones (excluding diaryl/α,β-unsaturated/α-hetero) is 1. The third-order valence-electron chi connectivity index (χ3n) is 2.44. The molecular weight excluding hydrogens is 166 g/mol. The number of carbonyl (C=O) groups excluding carboxylic acids is 1. The Morgan fingerprint density at radius 1 is 1.31 bits per heavy atom. The van der Waals surface area contributed by atoms with Crippen molar-refractivity contribution in [2.45, 2.75) is 19.3 Å². The quantitative estimate of drug-likeness (QED) is 0.466. The number of phenolic OH excluding ortho intramolecular Hbond substituents is 1. The molecule has 68 valence electrons. The molecule has 0 saturated carbocycles. The first-order valence-corrected chi connectivity index (χ1v) is 4.33. The summed E-state index contributed by atoms with van der Waals surface area (Å²) in [4.78, 5) is 11.5. The number of benzene rings is 1. The highest BCUT2D eigenvalue weighted by Crippen LogP contribution is 2.32. The van der Waals surface area contributed by atoms with Gasteiger partial charge in [0.1, 0.15) is 5.75 Å². The minimum absolute atomic E-state index is 0.00833. The Balaban J connectivity index is 2.65. The highest BCUT2D eigenvalue weighted by molar-refractivity contribution is 6.04. The van der Waals surface area contributed by atoms with Gasteiger partial charge >= 0.3 is 0 Å². The Morgan fingerprint density at radius 2 is 2.08 bits per heavy atom. The van der Waals surface area contributed by atoms with Crippen molar-refractivity contribution in [3.63, 3.8) is 0 Å². The minimum atomic E-state index is 0.00833. The second kappa shape index (κ2) is 2.76. The fourth-order valence-corrected chi connectivity index (χ4v) is 1.76. The van der Waals surface area contributed by atoms with Crippen LogP contribution in [0.25, 0.3) is 0 Å². The predicted octanol–water partition coefficient (Wildman–Crippen LogP) is 1.49. The normalized spacial score (nSPS) is 15.5. The van der Waals surface area contributed by atoms with Gasteiger partial charge in [-0.2, -0.15) is 0 Å². The lowest BCUT2D eigenvalue weighted by Gasteiger charge is -2.16. The summed E-state index contributed by atoms with van der Waals surface area (Å²) in [6, 6.07) is 3.32. The average molecular weight is 177 g/mol. The Morgan fingerprint density at radius 3 is 2.85 bits per heavy atom. The number of ketones is 1. The maximum atomic E-state index is 11.5. The van der Waals surface area contributed by atoms with E-state index in [4.69, 9.17) is 5.73 Å². The van der Waals surface area contributed by atoms with Gasteiger partial charge in [-0.15, -0.1) is 0 Å². The van der Waals surface area contributed by atoms with Crippen LogP contribution >= 0.6 is 0 Å². The summed E-state index contributed by atoms with van der Waals surface area (Å²) in [6.07, 6.45) is 2.31. The first kappa shape index (κ1) is 8.10. The van der Waals surface area contributed by atoms with Gasteiger partial charge in [-0.25, -0.2) is 0 Å². The zero-order valence-electron chi connectivity index (χ0n) is 7.21. The number of nitrogens with two attached hydrogens (primary N) is 1. The molecule has 0 fully saturated rings. The number of carbonyl (C=O) groups is 1. The van der Waals surface area contributed by atoms with Crippen LogP contribution in [-0.4, -0.2) is 10.9 Å². The van der Waals surface area contributed by atoms with Crippen molar-refractivity contribution >= 4 is 11.5 Å². The van der Waals surface area contributed by atoms with E-state index in [1.807, 2.05) is 0 Å². The van der Waals surface area contributed by atoms with Crippen molar-refractivity contribution in [2.24, 2.45) is 0 Å². The molecule has 0 aromatic heterocycles. The fourth-order valence-electron chi connectivity index (χ4n) is 1.76. The Labute approximate surface area is 76.2 Å². The largest absolute Gasteiger partial charge is 0.506 e. The Kier molecular flexibility index (Phi) is 1.72. The first-order valence-electron chi connectivity index (χ1n) is 4.33. The van der Waals surface area contributed by atoms with Crippen molar-refractivity contribution in [2.75, 3.05) is 5.73 Å². The number of anilines is 1. The van der Waals surface area contributed by atoms with Crippen molar-refractivity contribution < 1.29 is 9.90 Å². The van der Waals surface area contributed by atoms with Crippen molar-refractivity contribution in [3.8, 4) is 5.75 Å². The number of hydrogen-bond acceptors (Lipinski definition) is 3. The molecule has 1 aromatic rings.